The van der Waals surface area contributed by atoms with Gasteiger partial charge in [0.2, 0.25) is 0 Å². The lowest BCUT2D eigenvalue weighted by molar-refractivity contribution is -0.0992. The van der Waals surface area contributed by atoms with Gasteiger partial charge in [0.05, 0.1) is 31.0 Å². The molecule has 1 fully saturated rings. The minimum Gasteiger partial charge on any atom is -0.377 e. The SMILES string of the molecule is CC.CC(C)OCCN(C)C1=CCN(C2(C#N)CCOC(C)(C)C2)C1. The van der Waals surface area contributed by atoms with Gasteiger partial charge in [-0.1, -0.05) is 13.8 Å². The minimum atomic E-state index is -0.407. The molecular formula is C20H37N3O2. The second kappa shape index (κ2) is 9.56. The zero-order valence-electron chi connectivity index (χ0n) is 17.3. The first-order valence-corrected chi connectivity index (χ1v) is 9.60. The Morgan fingerprint density at radius 1 is 1.40 bits per heavy atom. The van der Waals surface area contributed by atoms with Crippen molar-refractivity contribution < 1.29 is 9.47 Å². The fourth-order valence-electron chi connectivity index (χ4n) is 3.49. The lowest BCUT2D eigenvalue weighted by Crippen LogP contribution is -2.55. The quantitative estimate of drug-likeness (QED) is 0.734. The number of likely N-dealkylation sites (N-methyl/N-ethyl adjacent to an activating group) is 1. The van der Waals surface area contributed by atoms with Crippen LogP contribution in [0.25, 0.3) is 0 Å². The average molecular weight is 352 g/mol. The van der Waals surface area contributed by atoms with Gasteiger partial charge in [-0.25, -0.2) is 0 Å². The van der Waals surface area contributed by atoms with E-state index in [2.05, 4.69) is 56.7 Å². The van der Waals surface area contributed by atoms with E-state index in [0.29, 0.717) is 6.61 Å². The van der Waals surface area contributed by atoms with Crippen LogP contribution >= 0.6 is 0 Å². The van der Waals surface area contributed by atoms with Gasteiger partial charge in [0.15, 0.2) is 0 Å². The van der Waals surface area contributed by atoms with Crippen molar-refractivity contribution in [2.45, 2.75) is 71.6 Å². The van der Waals surface area contributed by atoms with Gasteiger partial charge >= 0.3 is 0 Å². The first-order chi connectivity index (χ1) is 11.8. The normalized spacial score (nSPS) is 25.8. The summed E-state index contributed by atoms with van der Waals surface area (Å²) in [4.78, 5) is 4.56. The molecule has 0 bridgehead atoms. The highest BCUT2D eigenvalue weighted by molar-refractivity contribution is 5.20. The standard InChI is InChI=1S/C18H31N3O2.C2H6/c1-15(2)22-11-9-20(5)16-6-8-21(12-16)18(14-19)7-10-23-17(3,4)13-18;1-2/h6,15H,7-13H2,1-5H3;1-2H3. The third kappa shape index (κ3) is 5.99. The Bertz CT molecular complexity index is 482. The van der Waals surface area contributed by atoms with E-state index in [1.54, 1.807) is 0 Å². The van der Waals surface area contributed by atoms with Crippen molar-refractivity contribution in [3.05, 3.63) is 11.8 Å². The maximum Gasteiger partial charge on any atom is 0.114 e. The van der Waals surface area contributed by atoms with Crippen LogP contribution in [-0.4, -0.2) is 66.9 Å². The van der Waals surface area contributed by atoms with Crippen molar-refractivity contribution in [3.8, 4) is 6.07 Å². The predicted molar refractivity (Wildman–Crippen MR) is 102 cm³/mol. The van der Waals surface area contributed by atoms with Crippen molar-refractivity contribution in [2.24, 2.45) is 0 Å². The number of nitrogens with zero attached hydrogens (tertiary/aromatic N) is 3. The van der Waals surface area contributed by atoms with Gasteiger partial charge in [0.1, 0.15) is 5.54 Å². The molecular weight excluding hydrogens is 314 g/mol. The van der Waals surface area contributed by atoms with Gasteiger partial charge in [0.25, 0.3) is 0 Å². The highest BCUT2D eigenvalue weighted by atomic mass is 16.5. The largest absolute Gasteiger partial charge is 0.377 e. The maximum absolute atomic E-state index is 9.86. The van der Waals surface area contributed by atoms with Gasteiger partial charge in [-0.2, -0.15) is 5.26 Å². The molecule has 5 nitrogen and oxygen atoms in total. The molecule has 5 heteroatoms. The van der Waals surface area contributed by atoms with Crippen LogP contribution in [0.3, 0.4) is 0 Å². The molecule has 2 rings (SSSR count). The first kappa shape index (κ1) is 22.0. The fraction of sp³-hybridized carbons (Fsp3) is 0.850. The van der Waals surface area contributed by atoms with Crippen LogP contribution in [0, 0.1) is 11.3 Å². The number of ether oxygens (including phenoxy) is 2. The van der Waals surface area contributed by atoms with Gasteiger partial charge < -0.3 is 14.4 Å². The van der Waals surface area contributed by atoms with E-state index in [1.165, 1.54) is 5.70 Å². The summed E-state index contributed by atoms with van der Waals surface area (Å²) in [6.07, 6.45) is 4.06. The monoisotopic (exact) mass is 351 g/mol. The Balaban J connectivity index is 0.00000151. The molecule has 0 radical (unpaired) electrons. The molecule has 0 amide bonds. The Hall–Kier alpha value is -1.09. The van der Waals surface area contributed by atoms with Crippen LogP contribution in [0.2, 0.25) is 0 Å². The van der Waals surface area contributed by atoms with E-state index in [1.807, 2.05) is 13.8 Å². The second-order valence-corrected chi connectivity index (χ2v) is 7.60. The third-order valence-electron chi connectivity index (χ3n) is 4.81. The van der Waals surface area contributed by atoms with Crippen LogP contribution in [0.5, 0.6) is 0 Å². The van der Waals surface area contributed by atoms with Crippen LogP contribution in [-0.2, 0) is 9.47 Å². The lowest BCUT2D eigenvalue weighted by atomic mass is 9.81. The molecule has 0 saturated carbocycles. The maximum atomic E-state index is 9.86. The minimum absolute atomic E-state index is 0.228. The van der Waals surface area contributed by atoms with E-state index in [0.717, 1.165) is 39.1 Å². The molecule has 2 aliphatic rings. The van der Waals surface area contributed by atoms with E-state index >= 15 is 0 Å². The van der Waals surface area contributed by atoms with Gasteiger partial charge in [-0.05, 0) is 33.8 Å². The smallest absolute Gasteiger partial charge is 0.114 e. The summed E-state index contributed by atoms with van der Waals surface area (Å²) in [7, 11) is 2.10. The Kier molecular flexibility index (Phi) is 8.40. The van der Waals surface area contributed by atoms with Crippen molar-refractivity contribution in [1.29, 1.82) is 5.26 Å². The molecule has 1 unspecified atom stereocenters. The van der Waals surface area contributed by atoms with Gasteiger partial charge in [-0.3, -0.25) is 4.90 Å². The molecule has 144 valence electrons. The van der Waals surface area contributed by atoms with Crippen LogP contribution in [0.4, 0.5) is 0 Å². The number of hydrogen-bond acceptors (Lipinski definition) is 5. The average Bonchev–Trinajstić information content (AvgIpc) is 3.06. The Labute approximate surface area is 154 Å². The molecule has 0 aromatic carbocycles. The van der Waals surface area contributed by atoms with Crippen molar-refractivity contribution in [3.63, 3.8) is 0 Å². The molecule has 25 heavy (non-hydrogen) atoms. The van der Waals surface area contributed by atoms with E-state index in [4.69, 9.17) is 9.47 Å². The molecule has 0 spiro atoms. The van der Waals surface area contributed by atoms with Gasteiger partial charge in [-0.15, -0.1) is 0 Å². The summed E-state index contributed by atoms with van der Waals surface area (Å²) in [5, 5.41) is 9.86. The molecule has 2 aliphatic heterocycles. The molecule has 0 N–H and O–H groups in total. The summed E-state index contributed by atoms with van der Waals surface area (Å²) in [5.74, 6) is 0. The lowest BCUT2D eigenvalue weighted by Gasteiger charge is -2.45. The number of nitriles is 1. The number of rotatable bonds is 6. The van der Waals surface area contributed by atoms with Crippen LogP contribution in [0.1, 0.15) is 54.4 Å². The summed E-state index contributed by atoms with van der Waals surface area (Å²) in [6, 6.07) is 2.60. The molecule has 0 aromatic rings. The summed E-state index contributed by atoms with van der Waals surface area (Å²) in [5.41, 5.74) is 0.652. The van der Waals surface area contributed by atoms with Crippen molar-refractivity contribution in [2.75, 3.05) is 39.9 Å². The third-order valence-corrected chi connectivity index (χ3v) is 4.81. The van der Waals surface area contributed by atoms with Crippen molar-refractivity contribution >= 4 is 0 Å². The molecule has 0 aromatic heterocycles. The van der Waals surface area contributed by atoms with Crippen LogP contribution < -0.4 is 0 Å². The fourth-order valence-corrected chi connectivity index (χ4v) is 3.49. The van der Waals surface area contributed by atoms with Gasteiger partial charge in [0, 0.05) is 45.2 Å². The topological polar surface area (TPSA) is 48.7 Å². The summed E-state index contributed by atoms with van der Waals surface area (Å²) in [6.45, 7) is 16.2. The highest BCUT2D eigenvalue weighted by Crippen LogP contribution is 2.37. The summed E-state index contributed by atoms with van der Waals surface area (Å²) < 4.78 is 11.4. The van der Waals surface area contributed by atoms with Crippen molar-refractivity contribution in [1.82, 2.24) is 9.80 Å². The van der Waals surface area contributed by atoms with Crippen LogP contribution in [0.15, 0.2) is 11.8 Å². The molecule has 1 atom stereocenters. The zero-order chi connectivity index (χ0) is 19.1. The summed E-state index contributed by atoms with van der Waals surface area (Å²) >= 11 is 0. The first-order valence-electron chi connectivity index (χ1n) is 9.60. The molecule has 0 aliphatic carbocycles. The number of hydrogen-bond donors (Lipinski definition) is 0. The Morgan fingerprint density at radius 3 is 2.64 bits per heavy atom. The van der Waals surface area contributed by atoms with E-state index in [-0.39, 0.29) is 11.7 Å². The zero-order valence-corrected chi connectivity index (χ0v) is 17.3. The van der Waals surface area contributed by atoms with E-state index in [9.17, 15) is 5.26 Å². The second-order valence-electron chi connectivity index (χ2n) is 7.60. The molecule has 2 heterocycles. The predicted octanol–water partition coefficient (Wildman–Crippen LogP) is 3.42. The molecule has 1 saturated heterocycles. The Morgan fingerprint density at radius 2 is 2.08 bits per heavy atom. The van der Waals surface area contributed by atoms with E-state index < -0.39 is 5.54 Å². The highest BCUT2D eigenvalue weighted by Gasteiger charge is 2.46.